The van der Waals surface area contributed by atoms with Crippen LogP contribution in [0.4, 0.5) is 0 Å². The molecule has 0 radical (unpaired) electrons. The molecule has 6 nitrogen and oxygen atoms in total. The standard InChI is InChI=1S/C12H19N3O3.ClH/c1-8-5-9(3-4-13-8)14-12(16)11-6-10(7-17-2)18-15-11;/h6,8-9,13H,3-5,7H2,1-2H3,(H,14,16);1H. The maximum atomic E-state index is 11.9. The van der Waals surface area contributed by atoms with Crippen molar-refractivity contribution in [3.8, 4) is 0 Å². The lowest BCUT2D eigenvalue weighted by atomic mass is 10.0. The molecule has 2 N–H and O–H groups in total. The fourth-order valence-electron chi connectivity index (χ4n) is 2.15. The molecule has 0 aliphatic carbocycles. The van der Waals surface area contributed by atoms with Crippen LogP contribution < -0.4 is 10.6 Å². The van der Waals surface area contributed by atoms with Gasteiger partial charge in [-0.05, 0) is 26.3 Å². The predicted octanol–water partition coefficient (Wildman–Crippen LogP) is 1.11. The van der Waals surface area contributed by atoms with Crippen molar-refractivity contribution in [3.05, 3.63) is 17.5 Å². The lowest BCUT2D eigenvalue weighted by Gasteiger charge is -2.28. The molecule has 0 spiro atoms. The number of amides is 1. The first kappa shape index (κ1) is 15.9. The number of ether oxygens (including phenoxy) is 1. The van der Waals surface area contributed by atoms with Crippen molar-refractivity contribution < 1.29 is 14.1 Å². The van der Waals surface area contributed by atoms with E-state index in [4.69, 9.17) is 9.26 Å². The number of halogens is 1. The Hall–Kier alpha value is -1.11. The van der Waals surface area contributed by atoms with E-state index in [0.717, 1.165) is 19.4 Å². The zero-order valence-electron chi connectivity index (χ0n) is 11.1. The van der Waals surface area contributed by atoms with Crippen LogP contribution in [0.1, 0.15) is 36.0 Å². The summed E-state index contributed by atoms with van der Waals surface area (Å²) in [5.41, 5.74) is 0.313. The Bertz CT molecular complexity index is 411. The van der Waals surface area contributed by atoms with E-state index in [-0.39, 0.29) is 24.4 Å². The first-order chi connectivity index (χ1) is 8.69. The van der Waals surface area contributed by atoms with E-state index in [1.165, 1.54) is 0 Å². The van der Waals surface area contributed by atoms with Gasteiger partial charge in [0.1, 0.15) is 6.61 Å². The van der Waals surface area contributed by atoms with Crippen molar-refractivity contribution >= 4 is 18.3 Å². The van der Waals surface area contributed by atoms with Crippen LogP contribution in [0.3, 0.4) is 0 Å². The summed E-state index contributed by atoms with van der Waals surface area (Å²) in [4.78, 5) is 11.9. The maximum Gasteiger partial charge on any atom is 0.273 e. The molecule has 0 aromatic carbocycles. The SMILES string of the molecule is COCc1cc(C(=O)NC2CCNC(C)C2)no1.Cl. The van der Waals surface area contributed by atoms with Crippen LogP contribution in [0.2, 0.25) is 0 Å². The summed E-state index contributed by atoms with van der Waals surface area (Å²) in [6.45, 7) is 3.37. The Morgan fingerprint density at radius 3 is 3.16 bits per heavy atom. The van der Waals surface area contributed by atoms with Crippen molar-refractivity contribution in [2.75, 3.05) is 13.7 Å². The number of nitrogens with one attached hydrogen (secondary N) is 2. The van der Waals surface area contributed by atoms with Gasteiger partial charge in [0.05, 0.1) is 0 Å². The van der Waals surface area contributed by atoms with Gasteiger partial charge in [0, 0.05) is 25.3 Å². The van der Waals surface area contributed by atoms with Gasteiger partial charge in [-0.1, -0.05) is 5.16 Å². The van der Waals surface area contributed by atoms with E-state index < -0.39 is 0 Å². The minimum Gasteiger partial charge on any atom is -0.377 e. The number of piperidine rings is 1. The number of methoxy groups -OCH3 is 1. The molecule has 1 fully saturated rings. The summed E-state index contributed by atoms with van der Waals surface area (Å²) < 4.78 is 9.90. The molecule has 0 bridgehead atoms. The van der Waals surface area contributed by atoms with Gasteiger partial charge in [0.15, 0.2) is 11.5 Å². The number of carbonyl (C=O) groups excluding carboxylic acids is 1. The van der Waals surface area contributed by atoms with Gasteiger partial charge in [0.25, 0.3) is 5.91 Å². The number of hydrogen-bond donors (Lipinski definition) is 2. The normalized spacial score (nSPS) is 22.6. The Morgan fingerprint density at radius 2 is 2.47 bits per heavy atom. The largest absolute Gasteiger partial charge is 0.377 e. The Labute approximate surface area is 118 Å². The lowest BCUT2D eigenvalue weighted by molar-refractivity contribution is 0.0915. The highest BCUT2D eigenvalue weighted by molar-refractivity contribution is 5.92. The maximum absolute atomic E-state index is 11.9. The van der Waals surface area contributed by atoms with Crippen molar-refractivity contribution in [1.29, 1.82) is 0 Å². The molecule has 2 rings (SSSR count). The van der Waals surface area contributed by atoms with Crippen LogP contribution >= 0.6 is 12.4 Å². The average Bonchev–Trinajstić information content (AvgIpc) is 2.78. The van der Waals surface area contributed by atoms with E-state index in [1.54, 1.807) is 13.2 Å². The zero-order chi connectivity index (χ0) is 13.0. The van der Waals surface area contributed by atoms with Gasteiger partial charge in [-0.25, -0.2) is 0 Å². The van der Waals surface area contributed by atoms with E-state index in [2.05, 4.69) is 22.7 Å². The summed E-state index contributed by atoms with van der Waals surface area (Å²) in [5, 5.41) is 10.1. The molecule has 0 saturated carbocycles. The highest BCUT2D eigenvalue weighted by Gasteiger charge is 2.21. The molecule has 1 aromatic rings. The van der Waals surface area contributed by atoms with Gasteiger partial charge >= 0.3 is 0 Å². The molecule has 1 saturated heterocycles. The summed E-state index contributed by atoms with van der Waals surface area (Å²) >= 11 is 0. The van der Waals surface area contributed by atoms with Gasteiger partial charge < -0.3 is 19.9 Å². The second-order valence-corrected chi connectivity index (χ2v) is 4.66. The Morgan fingerprint density at radius 1 is 1.68 bits per heavy atom. The summed E-state index contributed by atoms with van der Waals surface area (Å²) in [7, 11) is 1.57. The van der Waals surface area contributed by atoms with Gasteiger partial charge in [0.2, 0.25) is 0 Å². The minimum absolute atomic E-state index is 0. The predicted molar refractivity (Wildman–Crippen MR) is 72.4 cm³/mol. The molecular weight excluding hydrogens is 270 g/mol. The third-order valence-electron chi connectivity index (χ3n) is 3.04. The van der Waals surface area contributed by atoms with Gasteiger partial charge in [-0.15, -0.1) is 12.4 Å². The monoisotopic (exact) mass is 289 g/mol. The highest BCUT2D eigenvalue weighted by Crippen LogP contribution is 2.10. The lowest BCUT2D eigenvalue weighted by Crippen LogP contribution is -2.46. The molecule has 1 amide bonds. The molecule has 7 heteroatoms. The summed E-state index contributed by atoms with van der Waals surface area (Å²) in [6, 6.07) is 2.25. The van der Waals surface area contributed by atoms with E-state index in [0.29, 0.717) is 24.1 Å². The first-order valence-electron chi connectivity index (χ1n) is 6.18. The van der Waals surface area contributed by atoms with Gasteiger partial charge in [-0.2, -0.15) is 0 Å². The molecule has 19 heavy (non-hydrogen) atoms. The van der Waals surface area contributed by atoms with Crippen molar-refractivity contribution in [2.45, 2.75) is 38.5 Å². The fraction of sp³-hybridized carbons (Fsp3) is 0.667. The van der Waals surface area contributed by atoms with Crippen molar-refractivity contribution in [1.82, 2.24) is 15.8 Å². The smallest absolute Gasteiger partial charge is 0.273 e. The van der Waals surface area contributed by atoms with Crippen LogP contribution in [0.25, 0.3) is 0 Å². The minimum atomic E-state index is -0.180. The Balaban J connectivity index is 0.00000180. The molecule has 2 unspecified atom stereocenters. The molecule has 108 valence electrons. The van der Waals surface area contributed by atoms with Crippen LogP contribution in [-0.2, 0) is 11.3 Å². The van der Waals surface area contributed by atoms with Crippen LogP contribution in [0, 0.1) is 0 Å². The number of rotatable bonds is 4. The average molecular weight is 290 g/mol. The van der Waals surface area contributed by atoms with Gasteiger partial charge in [-0.3, -0.25) is 4.79 Å². The van der Waals surface area contributed by atoms with Crippen LogP contribution in [0.15, 0.2) is 10.6 Å². The number of aromatic nitrogens is 1. The molecule has 1 aliphatic rings. The Kier molecular flexibility index (Phi) is 6.27. The van der Waals surface area contributed by atoms with E-state index in [1.807, 2.05) is 0 Å². The molecule has 1 aliphatic heterocycles. The van der Waals surface area contributed by atoms with Crippen LogP contribution in [0.5, 0.6) is 0 Å². The van der Waals surface area contributed by atoms with E-state index in [9.17, 15) is 4.79 Å². The second kappa shape index (κ2) is 7.47. The first-order valence-corrected chi connectivity index (χ1v) is 6.18. The second-order valence-electron chi connectivity index (χ2n) is 4.66. The molecule has 2 atom stereocenters. The zero-order valence-corrected chi connectivity index (χ0v) is 12.0. The molecule has 2 heterocycles. The van der Waals surface area contributed by atoms with Crippen molar-refractivity contribution in [2.24, 2.45) is 0 Å². The third kappa shape index (κ3) is 4.49. The van der Waals surface area contributed by atoms with Crippen LogP contribution in [-0.4, -0.2) is 36.8 Å². The fourth-order valence-corrected chi connectivity index (χ4v) is 2.15. The number of hydrogen-bond acceptors (Lipinski definition) is 5. The summed E-state index contributed by atoms with van der Waals surface area (Å²) in [5.74, 6) is 0.376. The quantitative estimate of drug-likeness (QED) is 0.868. The topological polar surface area (TPSA) is 76.4 Å². The highest BCUT2D eigenvalue weighted by atomic mass is 35.5. The number of nitrogens with zero attached hydrogens (tertiary/aromatic N) is 1. The molecular formula is C12H20ClN3O3. The third-order valence-corrected chi connectivity index (χ3v) is 3.04. The molecule has 1 aromatic heterocycles. The van der Waals surface area contributed by atoms with E-state index >= 15 is 0 Å². The summed E-state index contributed by atoms with van der Waals surface area (Å²) in [6.07, 6.45) is 1.88. The number of carbonyl (C=O) groups is 1. The van der Waals surface area contributed by atoms with Crippen molar-refractivity contribution in [3.63, 3.8) is 0 Å².